The number of ether oxygens (including phenoxy) is 1. The number of anilines is 1. The van der Waals surface area contributed by atoms with E-state index in [2.05, 4.69) is 28.9 Å². The number of morpholine rings is 1. The van der Waals surface area contributed by atoms with Gasteiger partial charge in [-0.1, -0.05) is 5.10 Å². The monoisotopic (exact) mass is 259 g/mol. The van der Waals surface area contributed by atoms with Crippen LogP contribution in [0.4, 0.5) is 6.01 Å². The maximum absolute atomic E-state index is 5.83. The van der Waals surface area contributed by atoms with Crippen LogP contribution in [0.15, 0.2) is 4.42 Å². The summed E-state index contributed by atoms with van der Waals surface area (Å²) in [6.07, 6.45) is 0.764. The van der Waals surface area contributed by atoms with Crippen molar-refractivity contribution in [1.29, 1.82) is 0 Å². The molecule has 0 saturated carbocycles. The molecule has 1 atom stereocenters. The van der Waals surface area contributed by atoms with Crippen LogP contribution in [0, 0.1) is 0 Å². The lowest BCUT2D eigenvalue weighted by molar-refractivity contribution is -0.0761. The van der Waals surface area contributed by atoms with Crippen molar-refractivity contribution in [2.45, 2.75) is 38.9 Å². The highest BCUT2D eigenvalue weighted by Crippen LogP contribution is 2.25. The van der Waals surface area contributed by atoms with Crippen LogP contribution in [0.1, 0.15) is 26.7 Å². The summed E-state index contributed by atoms with van der Waals surface area (Å²) in [7, 11) is 0. The van der Waals surface area contributed by atoms with E-state index in [-0.39, 0.29) is 11.7 Å². The lowest BCUT2D eigenvalue weighted by atomic mass is 10.1. The van der Waals surface area contributed by atoms with Crippen LogP contribution in [-0.4, -0.2) is 40.9 Å². The minimum atomic E-state index is -0.196. The molecule has 1 fully saturated rings. The molecule has 1 saturated heterocycles. The van der Waals surface area contributed by atoms with Crippen LogP contribution >= 0.6 is 11.6 Å². The summed E-state index contributed by atoms with van der Waals surface area (Å²) in [4.78, 5) is 2.07. The molecule has 6 heteroatoms. The molecule has 5 nitrogen and oxygen atoms in total. The third-order valence-electron chi connectivity index (χ3n) is 2.60. The molecule has 1 unspecified atom stereocenters. The van der Waals surface area contributed by atoms with Crippen LogP contribution in [-0.2, 0) is 11.2 Å². The van der Waals surface area contributed by atoms with Crippen molar-refractivity contribution in [3.63, 3.8) is 0 Å². The summed E-state index contributed by atoms with van der Waals surface area (Å²) < 4.78 is 11.4. The Morgan fingerprint density at radius 3 is 2.88 bits per heavy atom. The SMILES string of the molecule is CC1CN(c2nnc(CCCl)o2)CC(C)(C)O1. The summed E-state index contributed by atoms with van der Waals surface area (Å²) in [5, 5.41) is 8.02. The molecule has 2 rings (SSSR count). The fraction of sp³-hybridized carbons (Fsp3) is 0.818. The molecule has 0 radical (unpaired) electrons. The molecule has 0 amide bonds. The van der Waals surface area contributed by atoms with Crippen LogP contribution < -0.4 is 4.90 Å². The second-order valence-electron chi connectivity index (χ2n) is 4.99. The van der Waals surface area contributed by atoms with Gasteiger partial charge in [-0.3, -0.25) is 0 Å². The Labute approximate surface area is 106 Å². The maximum Gasteiger partial charge on any atom is 0.318 e. The molecule has 0 aliphatic carbocycles. The zero-order chi connectivity index (χ0) is 12.5. The van der Waals surface area contributed by atoms with Crippen molar-refractivity contribution in [2.75, 3.05) is 23.9 Å². The molecule has 17 heavy (non-hydrogen) atoms. The molecule has 1 aromatic rings. The molecular formula is C11H18ClN3O2. The van der Waals surface area contributed by atoms with E-state index in [9.17, 15) is 0 Å². The summed E-state index contributed by atoms with van der Waals surface area (Å²) in [6, 6.07) is 0.563. The van der Waals surface area contributed by atoms with Crippen molar-refractivity contribution in [3.8, 4) is 0 Å². The second-order valence-corrected chi connectivity index (χ2v) is 5.36. The molecule has 1 aromatic heterocycles. The molecule has 1 aliphatic heterocycles. The summed E-state index contributed by atoms with van der Waals surface area (Å²) in [5.74, 6) is 1.08. The first kappa shape index (κ1) is 12.6. The highest BCUT2D eigenvalue weighted by atomic mass is 35.5. The fourth-order valence-electron chi connectivity index (χ4n) is 2.15. The average Bonchev–Trinajstić information content (AvgIpc) is 2.63. The third kappa shape index (κ3) is 3.10. The Kier molecular flexibility index (Phi) is 3.58. The highest BCUT2D eigenvalue weighted by molar-refractivity contribution is 6.17. The second kappa shape index (κ2) is 4.82. The van der Waals surface area contributed by atoms with E-state index in [0.29, 0.717) is 24.2 Å². The van der Waals surface area contributed by atoms with E-state index in [4.69, 9.17) is 20.8 Å². The first-order valence-electron chi connectivity index (χ1n) is 5.81. The third-order valence-corrected chi connectivity index (χ3v) is 2.79. The predicted octanol–water partition coefficient (Wildman–Crippen LogP) is 1.85. The van der Waals surface area contributed by atoms with Crippen molar-refractivity contribution >= 4 is 17.6 Å². The summed E-state index contributed by atoms with van der Waals surface area (Å²) in [6.45, 7) is 7.69. The summed E-state index contributed by atoms with van der Waals surface area (Å²) in [5.41, 5.74) is -0.196. The lowest BCUT2D eigenvalue weighted by Crippen LogP contribution is -2.52. The largest absolute Gasteiger partial charge is 0.408 e. The van der Waals surface area contributed by atoms with Gasteiger partial charge in [0.1, 0.15) is 0 Å². The average molecular weight is 260 g/mol. The van der Waals surface area contributed by atoms with E-state index in [1.807, 2.05) is 6.92 Å². The van der Waals surface area contributed by atoms with Crippen LogP contribution in [0.3, 0.4) is 0 Å². The van der Waals surface area contributed by atoms with Gasteiger partial charge in [0.15, 0.2) is 0 Å². The van der Waals surface area contributed by atoms with Crippen molar-refractivity contribution < 1.29 is 9.15 Å². The molecule has 0 bridgehead atoms. The number of rotatable bonds is 3. The van der Waals surface area contributed by atoms with Gasteiger partial charge in [-0.25, -0.2) is 0 Å². The quantitative estimate of drug-likeness (QED) is 0.776. The first-order valence-corrected chi connectivity index (χ1v) is 6.35. The van der Waals surface area contributed by atoms with Crippen LogP contribution in [0.2, 0.25) is 0 Å². The molecule has 1 aliphatic rings. The molecule has 96 valence electrons. The molecule has 2 heterocycles. The first-order chi connectivity index (χ1) is 8.00. The van der Waals surface area contributed by atoms with Crippen molar-refractivity contribution in [3.05, 3.63) is 5.89 Å². The van der Waals surface area contributed by atoms with Crippen molar-refractivity contribution in [2.24, 2.45) is 0 Å². The van der Waals surface area contributed by atoms with E-state index >= 15 is 0 Å². The van der Waals surface area contributed by atoms with E-state index < -0.39 is 0 Å². The Morgan fingerprint density at radius 2 is 2.24 bits per heavy atom. The zero-order valence-electron chi connectivity index (χ0n) is 10.4. The van der Waals surface area contributed by atoms with Gasteiger partial charge in [-0.15, -0.1) is 16.7 Å². The standard InChI is InChI=1S/C11H18ClN3O2/c1-8-6-15(7-11(2,3)17-8)10-14-13-9(16-10)4-5-12/h8H,4-7H2,1-3H3. The number of aryl methyl sites for hydroxylation is 1. The van der Waals surface area contributed by atoms with Gasteiger partial charge in [0, 0.05) is 18.8 Å². The van der Waals surface area contributed by atoms with Gasteiger partial charge in [0.05, 0.1) is 18.2 Å². The van der Waals surface area contributed by atoms with Gasteiger partial charge in [-0.2, -0.15) is 0 Å². The topological polar surface area (TPSA) is 51.4 Å². The van der Waals surface area contributed by atoms with E-state index in [1.165, 1.54) is 0 Å². The van der Waals surface area contributed by atoms with Crippen LogP contribution in [0.5, 0.6) is 0 Å². The fourth-order valence-corrected chi connectivity index (χ4v) is 2.32. The van der Waals surface area contributed by atoms with Gasteiger partial charge in [0.25, 0.3) is 0 Å². The molecular weight excluding hydrogens is 242 g/mol. The minimum absolute atomic E-state index is 0.155. The van der Waals surface area contributed by atoms with Crippen molar-refractivity contribution in [1.82, 2.24) is 10.2 Å². The van der Waals surface area contributed by atoms with Gasteiger partial charge in [-0.05, 0) is 20.8 Å². The lowest BCUT2D eigenvalue weighted by Gasteiger charge is -2.40. The number of alkyl halides is 1. The number of halogens is 1. The zero-order valence-corrected chi connectivity index (χ0v) is 11.2. The highest BCUT2D eigenvalue weighted by Gasteiger charge is 2.33. The van der Waals surface area contributed by atoms with Crippen LogP contribution in [0.25, 0.3) is 0 Å². The number of hydrogen-bond donors (Lipinski definition) is 0. The number of nitrogens with zero attached hydrogens (tertiary/aromatic N) is 3. The molecule has 0 aromatic carbocycles. The van der Waals surface area contributed by atoms with Gasteiger partial charge < -0.3 is 14.1 Å². The normalized spacial score (nSPS) is 24.0. The van der Waals surface area contributed by atoms with Gasteiger partial charge >= 0.3 is 6.01 Å². The minimum Gasteiger partial charge on any atom is -0.408 e. The Hall–Kier alpha value is -0.810. The number of aromatic nitrogens is 2. The smallest absolute Gasteiger partial charge is 0.318 e. The Balaban J connectivity index is 2.10. The Morgan fingerprint density at radius 1 is 1.47 bits per heavy atom. The van der Waals surface area contributed by atoms with Gasteiger partial charge in [0.2, 0.25) is 5.89 Å². The predicted molar refractivity (Wildman–Crippen MR) is 65.6 cm³/mol. The van der Waals surface area contributed by atoms with E-state index in [1.54, 1.807) is 0 Å². The Bertz CT molecular complexity index is 381. The maximum atomic E-state index is 5.83. The molecule has 0 spiro atoms. The van der Waals surface area contributed by atoms with E-state index in [0.717, 1.165) is 13.1 Å². The number of hydrogen-bond acceptors (Lipinski definition) is 5. The summed E-state index contributed by atoms with van der Waals surface area (Å²) >= 11 is 5.64. The molecule has 0 N–H and O–H groups in total.